The molecule has 0 saturated heterocycles. The molecule has 3 aromatic rings. The molecule has 2 N–H and O–H groups in total. The normalized spacial score (nSPS) is 11.8. The quantitative estimate of drug-likeness (QED) is 0.784. The van der Waals surface area contributed by atoms with Gasteiger partial charge in [-0.05, 0) is 29.8 Å². The minimum Gasteiger partial charge on any atom is -0.325 e. The van der Waals surface area contributed by atoms with Gasteiger partial charge in [0.25, 0.3) is 0 Å². The number of nitrogens with zero attached hydrogens (tertiary/aromatic N) is 2. The van der Waals surface area contributed by atoms with E-state index in [0.717, 1.165) is 28.2 Å². The van der Waals surface area contributed by atoms with Crippen molar-refractivity contribution in [3.63, 3.8) is 0 Å². The topological polar surface area (TPSA) is 51.8 Å². The lowest BCUT2D eigenvalue weighted by Crippen LogP contribution is -2.07. The molecule has 0 spiro atoms. The molecule has 0 aliphatic heterocycles. The number of rotatable bonds is 2. The van der Waals surface area contributed by atoms with Crippen LogP contribution in [-0.4, -0.2) is 9.97 Å². The Kier molecular flexibility index (Phi) is 3.54. The molecule has 3 nitrogen and oxygen atoms in total. The van der Waals surface area contributed by atoms with Crippen LogP contribution in [-0.2, 0) is 12.7 Å². The van der Waals surface area contributed by atoms with Crippen molar-refractivity contribution in [2.75, 3.05) is 0 Å². The first-order valence-electron chi connectivity index (χ1n) is 6.61. The lowest BCUT2D eigenvalue weighted by atomic mass is 10.0. The summed E-state index contributed by atoms with van der Waals surface area (Å²) >= 11 is 0. The third-order valence-corrected chi connectivity index (χ3v) is 3.34. The molecule has 0 fully saturated rings. The first kappa shape index (κ1) is 14.5. The Bertz CT molecular complexity index is 811. The van der Waals surface area contributed by atoms with Crippen molar-refractivity contribution < 1.29 is 13.2 Å². The zero-order valence-corrected chi connectivity index (χ0v) is 11.4. The van der Waals surface area contributed by atoms with Gasteiger partial charge in [0.05, 0.1) is 11.2 Å². The van der Waals surface area contributed by atoms with Crippen molar-refractivity contribution in [2.24, 2.45) is 5.73 Å². The molecule has 0 amide bonds. The molecule has 0 aliphatic carbocycles. The fraction of sp³-hybridized carbons (Fsp3) is 0.125. The van der Waals surface area contributed by atoms with E-state index in [9.17, 15) is 13.2 Å². The van der Waals surface area contributed by atoms with E-state index in [2.05, 4.69) is 9.97 Å². The molecule has 112 valence electrons. The summed E-state index contributed by atoms with van der Waals surface area (Å²) in [5.41, 5.74) is 7.65. The molecule has 1 aromatic carbocycles. The van der Waals surface area contributed by atoms with E-state index in [0.29, 0.717) is 12.1 Å². The number of halogens is 3. The van der Waals surface area contributed by atoms with Crippen LogP contribution in [0.3, 0.4) is 0 Å². The predicted molar refractivity (Wildman–Crippen MR) is 77.9 cm³/mol. The van der Waals surface area contributed by atoms with Crippen LogP contribution in [0, 0.1) is 0 Å². The summed E-state index contributed by atoms with van der Waals surface area (Å²) in [4.78, 5) is 7.86. The van der Waals surface area contributed by atoms with Gasteiger partial charge in [-0.2, -0.15) is 13.2 Å². The van der Waals surface area contributed by atoms with Gasteiger partial charge in [0.1, 0.15) is 5.69 Å². The monoisotopic (exact) mass is 303 g/mol. The number of nitrogens with two attached hydrogens (primary N) is 1. The van der Waals surface area contributed by atoms with Gasteiger partial charge in [-0.3, -0.25) is 9.97 Å². The second-order valence-corrected chi connectivity index (χ2v) is 4.84. The van der Waals surface area contributed by atoms with Gasteiger partial charge in [-0.1, -0.05) is 18.2 Å². The van der Waals surface area contributed by atoms with E-state index < -0.39 is 11.9 Å². The van der Waals surface area contributed by atoms with Crippen molar-refractivity contribution in [1.29, 1.82) is 0 Å². The molecule has 6 heteroatoms. The maximum absolute atomic E-state index is 12.5. The van der Waals surface area contributed by atoms with Crippen LogP contribution in [0.15, 0.2) is 48.7 Å². The summed E-state index contributed by atoms with van der Waals surface area (Å²) in [5, 5.41) is 0.898. The van der Waals surface area contributed by atoms with Gasteiger partial charge in [-0.15, -0.1) is 0 Å². The molecular weight excluding hydrogens is 291 g/mol. The van der Waals surface area contributed by atoms with Gasteiger partial charge in [0.2, 0.25) is 0 Å². The summed E-state index contributed by atoms with van der Waals surface area (Å²) in [6, 6.07) is 11.6. The van der Waals surface area contributed by atoms with Gasteiger partial charge >= 0.3 is 6.18 Å². The highest BCUT2D eigenvalue weighted by Crippen LogP contribution is 2.29. The molecule has 22 heavy (non-hydrogen) atoms. The SMILES string of the molecule is NCc1ccc2cc(-c3ccc(C(F)(F)F)nc3)ccc2n1. The Hall–Kier alpha value is -2.47. The molecule has 0 unspecified atom stereocenters. The third-order valence-electron chi connectivity index (χ3n) is 3.34. The Balaban J connectivity index is 1.99. The fourth-order valence-electron chi connectivity index (χ4n) is 2.19. The second kappa shape index (κ2) is 5.38. The maximum Gasteiger partial charge on any atom is 0.433 e. The molecule has 2 aromatic heterocycles. The molecule has 0 saturated carbocycles. The van der Waals surface area contributed by atoms with Crippen molar-refractivity contribution >= 4 is 10.9 Å². The number of benzene rings is 1. The Morgan fingerprint density at radius 3 is 2.36 bits per heavy atom. The van der Waals surface area contributed by atoms with Gasteiger partial charge in [0, 0.05) is 23.7 Å². The summed E-state index contributed by atoms with van der Waals surface area (Å²) < 4.78 is 37.6. The smallest absolute Gasteiger partial charge is 0.325 e. The highest BCUT2D eigenvalue weighted by atomic mass is 19.4. The largest absolute Gasteiger partial charge is 0.433 e. The van der Waals surface area contributed by atoms with Gasteiger partial charge < -0.3 is 5.73 Å². The zero-order valence-electron chi connectivity index (χ0n) is 11.4. The molecule has 0 radical (unpaired) electrons. The molecular formula is C16H12F3N3. The molecule has 3 rings (SSSR count). The highest BCUT2D eigenvalue weighted by molar-refractivity contribution is 5.84. The van der Waals surface area contributed by atoms with Crippen LogP contribution in [0.1, 0.15) is 11.4 Å². The number of aromatic nitrogens is 2. The van der Waals surface area contributed by atoms with E-state index in [-0.39, 0.29) is 0 Å². The fourth-order valence-corrected chi connectivity index (χ4v) is 2.19. The van der Waals surface area contributed by atoms with E-state index in [1.54, 1.807) is 6.07 Å². The third kappa shape index (κ3) is 2.78. The molecule has 2 heterocycles. The highest BCUT2D eigenvalue weighted by Gasteiger charge is 2.32. The molecule has 0 atom stereocenters. The average Bonchev–Trinajstić information content (AvgIpc) is 2.53. The van der Waals surface area contributed by atoms with Crippen molar-refractivity contribution in [3.8, 4) is 11.1 Å². The first-order chi connectivity index (χ1) is 10.5. The Morgan fingerprint density at radius 2 is 1.73 bits per heavy atom. The van der Waals surface area contributed by atoms with Crippen molar-refractivity contribution in [1.82, 2.24) is 9.97 Å². The van der Waals surface area contributed by atoms with Crippen LogP contribution in [0.2, 0.25) is 0 Å². The van der Waals surface area contributed by atoms with Gasteiger partial charge in [0.15, 0.2) is 0 Å². The Labute approximate surface area is 124 Å². The van der Waals surface area contributed by atoms with Crippen LogP contribution in [0.4, 0.5) is 13.2 Å². The number of hydrogen-bond donors (Lipinski definition) is 1. The number of hydrogen-bond acceptors (Lipinski definition) is 3. The number of alkyl halides is 3. The van der Waals surface area contributed by atoms with Crippen LogP contribution >= 0.6 is 0 Å². The lowest BCUT2D eigenvalue weighted by Gasteiger charge is -2.08. The van der Waals surface area contributed by atoms with E-state index >= 15 is 0 Å². The van der Waals surface area contributed by atoms with Crippen molar-refractivity contribution in [2.45, 2.75) is 12.7 Å². The van der Waals surface area contributed by atoms with Crippen LogP contribution in [0.5, 0.6) is 0 Å². The van der Waals surface area contributed by atoms with Gasteiger partial charge in [-0.25, -0.2) is 0 Å². The molecule has 0 bridgehead atoms. The Morgan fingerprint density at radius 1 is 0.955 bits per heavy atom. The zero-order chi connectivity index (χ0) is 15.7. The average molecular weight is 303 g/mol. The van der Waals surface area contributed by atoms with E-state index in [4.69, 9.17) is 5.73 Å². The standard InChI is InChI=1S/C16H12F3N3/c17-16(18,19)15-6-3-12(9-21-15)10-2-5-14-11(7-10)1-4-13(8-20)22-14/h1-7,9H,8,20H2. The number of fused-ring (bicyclic) bond motifs is 1. The van der Waals surface area contributed by atoms with E-state index in [1.807, 2.05) is 24.3 Å². The van der Waals surface area contributed by atoms with E-state index in [1.165, 1.54) is 12.3 Å². The second-order valence-electron chi connectivity index (χ2n) is 4.84. The predicted octanol–water partition coefficient (Wildman–Crippen LogP) is 3.77. The maximum atomic E-state index is 12.5. The van der Waals surface area contributed by atoms with Crippen molar-refractivity contribution in [3.05, 3.63) is 60.0 Å². The summed E-state index contributed by atoms with van der Waals surface area (Å²) in [5.74, 6) is 0. The van der Waals surface area contributed by atoms with Crippen LogP contribution in [0.25, 0.3) is 22.0 Å². The summed E-state index contributed by atoms with van der Waals surface area (Å²) in [6.07, 6.45) is -3.20. The minimum atomic E-state index is -4.43. The first-order valence-corrected chi connectivity index (χ1v) is 6.61. The molecule has 0 aliphatic rings. The summed E-state index contributed by atoms with van der Waals surface area (Å²) in [7, 11) is 0. The summed E-state index contributed by atoms with van der Waals surface area (Å²) in [6.45, 7) is 0.362. The minimum absolute atomic E-state index is 0.362. The number of pyridine rings is 2. The lowest BCUT2D eigenvalue weighted by molar-refractivity contribution is -0.141. The van der Waals surface area contributed by atoms with Crippen LogP contribution < -0.4 is 5.73 Å².